The molecule has 0 aliphatic carbocycles. The van der Waals surface area contributed by atoms with Crippen LogP contribution >= 0.6 is 0 Å². The minimum absolute atomic E-state index is 0.385. The summed E-state index contributed by atoms with van der Waals surface area (Å²) in [6.07, 6.45) is 0.762. The summed E-state index contributed by atoms with van der Waals surface area (Å²) < 4.78 is 4.58. The number of carbonyl (C=O) groups is 2. The van der Waals surface area contributed by atoms with Gasteiger partial charge in [0.2, 0.25) is 0 Å². The lowest BCUT2D eigenvalue weighted by Gasteiger charge is -1.92. The molecule has 1 aromatic carbocycles. The van der Waals surface area contributed by atoms with Gasteiger partial charge in [0.05, 0.1) is 7.11 Å². The van der Waals surface area contributed by atoms with Crippen LogP contribution in [0.25, 0.3) is 10.9 Å². The molecule has 1 aromatic heterocycles. The fourth-order valence-corrected chi connectivity index (χ4v) is 1.44. The number of hydrogen-bond acceptors (Lipinski definition) is 3. The van der Waals surface area contributed by atoms with Crippen molar-refractivity contribution in [3.8, 4) is 0 Å². The topological polar surface area (TPSA) is 59.2 Å². The first kappa shape index (κ1) is 9.45. The number of H-pyrrole nitrogens is 1. The van der Waals surface area contributed by atoms with Gasteiger partial charge in [-0.25, -0.2) is 4.79 Å². The molecular weight excluding hydrogens is 194 g/mol. The van der Waals surface area contributed by atoms with Crippen molar-refractivity contribution in [3.05, 3.63) is 35.5 Å². The Labute approximate surface area is 85.9 Å². The maximum atomic E-state index is 11.2. The van der Waals surface area contributed by atoms with Gasteiger partial charge in [0.1, 0.15) is 12.0 Å². The maximum absolute atomic E-state index is 11.2. The second-order valence-corrected chi connectivity index (χ2v) is 3.14. The summed E-state index contributed by atoms with van der Waals surface area (Å²) in [7, 11) is 1.32. The van der Waals surface area contributed by atoms with Crippen LogP contribution < -0.4 is 0 Å². The summed E-state index contributed by atoms with van der Waals surface area (Å²) in [6, 6.07) is 6.86. The average molecular weight is 203 g/mol. The van der Waals surface area contributed by atoms with E-state index < -0.39 is 5.97 Å². The number of rotatable bonds is 2. The zero-order chi connectivity index (χ0) is 10.8. The second-order valence-electron chi connectivity index (χ2n) is 3.14. The van der Waals surface area contributed by atoms with E-state index in [4.69, 9.17) is 0 Å². The van der Waals surface area contributed by atoms with Gasteiger partial charge in [-0.15, -0.1) is 0 Å². The molecule has 0 aliphatic rings. The fourth-order valence-electron chi connectivity index (χ4n) is 1.44. The van der Waals surface area contributed by atoms with Gasteiger partial charge in [-0.05, 0) is 12.1 Å². The number of aromatic amines is 1. The third-order valence-corrected chi connectivity index (χ3v) is 2.19. The number of aldehydes is 1. The van der Waals surface area contributed by atoms with Crippen molar-refractivity contribution in [2.24, 2.45) is 0 Å². The second kappa shape index (κ2) is 3.57. The van der Waals surface area contributed by atoms with E-state index in [9.17, 15) is 9.59 Å². The van der Waals surface area contributed by atoms with Crippen molar-refractivity contribution < 1.29 is 14.3 Å². The molecule has 1 heterocycles. The molecule has 0 atom stereocenters. The van der Waals surface area contributed by atoms with E-state index in [-0.39, 0.29) is 0 Å². The number of nitrogens with one attached hydrogen (secondary N) is 1. The van der Waals surface area contributed by atoms with Crippen molar-refractivity contribution in [2.75, 3.05) is 7.11 Å². The zero-order valence-electron chi connectivity index (χ0n) is 8.11. The van der Waals surface area contributed by atoms with E-state index in [2.05, 4.69) is 9.72 Å². The molecule has 0 saturated carbocycles. The SMILES string of the molecule is COC(=O)c1cc2ccc(C=O)cc2[nH]1. The summed E-state index contributed by atoms with van der Waals surface area (Å²) in [6.45, 7) is 0. The number of methoxy groups -OCH3 is 1. The normalized spacial score (nSPS) is 10.2. The maximum Gasteiger partial charge on any atom is 0.354 e. The van der Waals surface area contributed by atoms with Crippen LogP contribution in [0.3, 0.4) is 0 Å². The van der Waals surface area contributed by atoms with Crippen LogP contribution in [0.1, 0.15) is 20.8 Å². The smallest absolute Gasteiger partial charge is 0.354 e. The quantitative estimate of drug-likeness (QED) is 0.597. The van der Waals surface area contributed by atoms with E-state index in [1.807, 2.05) is 0 Å². The molecule has 0 fully saturated rings. The molecular formula is C11H9NO3. The predicted octanol–water partition coefficient (Wildman–Crippen LogP) is 1.77. The first-order chi connectivity index (χ1) is 7.24. The van der Waals surface area contributed by atoms with Gasteiger partial charge in [-0.3, -0.25) is 4.79 Å². The van der Waals surface area contributed by atoms with Crippen LogP contribution in [0.5, 0.6) is 0 Å². The van der Waals surface area contributed by atoms with Crippen molar-refractivity contribution in [3.63, 3.8) is 0 Å². The molecule has 0 spiro atoms. The lowest BCUT2D eigenvalue weighted by molar-refractivity contribution is 0.0595. The van der Waals surface area contributed by atoms with Crippen LogP contribution in [-0.2, 0) is 4.74 Å². The third-order valence-electron chi connectivity index (χ3n) is 2.19. The third kappa shape index (κ3) is 1.61. The summed E-state index contributed by atoms with van der Waals surface area (Å²) in [4.78, 5) is 24.6. The van der Waals surface area contributed by atoms with E-state index >= 15 is 0 Å². The largest absolute Gasteiger partial charge is 0.464 e. The molecule has 0 aliphatic heterocycles. The van der Waals surface area contributed by atoms with Crippen molar-refractivity contribution in [1.82, 2.24) is 4.98 Å². The summed E-state index contributed by atoms with van der Waals surface area (Å²) in [5.74, 6) is -0.418. The number of aromatic nitrogens is 1. The Kier molecular flexibility index (Phi) is 2.25. The predicted molar refractivity (Wildman–Crippen MR) is 55.0 cm³/mol. The molecule has 2 aromatic rings. The highest BCUT2D eigenvalue weighted by Gasteiger charge is 2.09. The van der Waals surface area contributed by atoms with Crippen molar-refractivity contribution in [1.29, 1.82) is 0 Å². The Bertz CT molecular complexity index is 528. The van der Waals surface area contributed by atoms with Crippen molar-refractivity contribution >= 4 is 23.2 Å². The van der Waals surface area contributed by atoms with Gasteiger partial charge in [0, 0.05) is 16.5 Å². The number of benzene rings is 1. The number of carbonyl (C=O) groups excluding carboxylic acids is 2. The van der Waals surface area contributed by atoms with E-state index in [0.29, 0.717) is 11.3 Å². The lowest BCUT2D eigenvalue weighted by Crippen LogP contribution is -2.00. The number of hydrogen-bond donors (Lipinski definition) is 1. The fraction of sp³-hybridized carbons (Fsp3) is 0.0909. The van der Waals surface area contributed by atoms with Gasteiger partial charge < -0.3 is 9.72 Å². The minimum atomic E-state index is -0.418. The van der Waals surface area contributed by atoms with Gasteiger partial charge in [0.15, 0.2) is 0 Å². The monoisotopic (exact) mass is 203 g/mol. The number of fused-ring (bicyclic) bond motifs is 1. The highest BCUT2D eigenvalue weighted by molar-refractivity contribution is 5.96. The lowest BCUT2D eigenvalue weighted by atomic mass is 10.2. The van der Waals surface area contributed by atoms with E-state index in [1.54, 1.807) is 24.3 Å². The molecule has 4 nitrogen and oxygen atoms in total. The first-order valence-corrected chi connectivity index (χ1v) is 4.41. The van der Waals surface area contributed by atoms with Crippen LogP contribution in [0.4, 0.5) is 0 Å². The van der Waals surface area contributed by atoms with E-state index in [0.717, 1.165) is 17.2 Å². The Morgan fingerprint density at radius 2 is 2.20 bits per heavy atom. The number of esters is 1. The Balaban J connectivity index is 2.55. The van der Waals surface area contributed by atoms with Crippen LogP contribution in [-0.4, -0.2) is 24.3 Å². The van der Waals surface area contributed by atoms with Gasteiger partial charge >= 0.3 is 5.97 Å². The Morgan fingerprint density at radius 1 is 1.40 bits per heavy atom. The van der Waals surface area contributed by atoms with Crippen LogP contribution in [0, 0.1) is 0 Å². The molecule has 0 bridgehead atoms. The van der Waals surface area contributed by atoms with Crippen molar-refractivity contribution in [2.45, 2.75) is 0 Å². The molecule has 0 radical (unpaired) electrons. The standard InChI is InChI=1S/C11H9NO3/c1-15-11(14)10-5-8-3-2-7(6-13)4-9(8)12-10/h2-6,12H,1H3. The minimum Gasteiger partial charge on any atom is -0.464 e. The van der Waals surface area contributed by atoms with Crippen LogP contribution in [0.2, 0.25) is 0 Å². The summed E-state index contributed by atoms with van der Waals surface area (Å²) >= 11 is 0. The van der Waals surface area contributed by atoms with Gasteiger partial charge in [0.25, 0.3) is 0 Å². The molecule has 0 saturated heterocycles. The molecule has 15 heavy (non-hydrogen) atoms. The molecule has 4 heteroatoms. The number of ether oxygens (including phenoxy) is 1. The zero-order valence-corrected chi connectivity index (χ0v) is 8.11. The Hall–Kier alpha value is -2.10. The molecule has 1 N–H and O–H groups in total. The summed E-state index contributed by atoms with van der Waals surface area (Å²) in [5, 5.41) is 0.876. The van der Waals surface area contributed by atoms with Crippen LogP contribution in [0.15, 0.2) is 24.3 Å². The average Bonchev–Trinajstić information content (AvgIpc) is 2.70. The molecule has 0 amide bonds. The molecule has 2 rings (SSSR count). The first-order valence-electron chi connectivity index (χ1n) is 4.41. The highest BCUT2D eigenvalue weighted by atomic mass is 16.5. The Morgan fingerprint density at radius 3 is 2.87 bits per heavy atom. The summed E-state index contributed by atoms with van der Waals surface area (Å²) in [5.41, 5.74) is 1.70. The van der Waals surface area contributed by atoms with Gasteiger partial charge in [-0.2, -0.15) is 0 Å². The van der Waals surface area contributed by atoms with E-state index in [1.165, 1.54) is 7.11 Å². The highest BCUT2D eigenvalue weighted by Crippen LogP contribution is 2.16. The van der Waals surface area contributed by atoms with Gasteiger partial charge in [-0.1, -0.05) is 12.1 Å². The molecule has 76 valence electrons. The molecule has 0 unspecified atom stereocenters.